The van der Waals surface area contributed by atoms with Crippen LogP contribution in [0.4, 0.5) is 22.4 Å². The number of nitrogens with one attached hydrogen (secondary N) is 2. The molecule has 2 aromatic carbocycles. The van der Waals surface area contributed by atoms with Crippen molar-refractivity contribution in [1.29, 1.82) is 0 Å². The van der Waals surface area contributed by atoms with E-state index in [-0.39, 0.29) is 35.7 Å². The topological polar surface area (TPSA) is 60.6 Å². The average molecular weight is 491 g/mol. The largest absolute Gasteiger partial charge is 0.445 e. The second kappa shape index (κ2) is 9.87. The maximum atomic E-state index is 14.6. The third-order valence-electron chi connectivity index (χ3n) is 6.97. The summed E-state index contributed by atoms with van der Waals surface area (Å²) in [5.41, 5.74) is 1.02. The van der Waals surface area contributed by atoms with Gasteiger partial charge in [0, 0.05) is 37.8 Å². The Kier molecular flexibility index (Phi) is 6.66. The van der Waals surface area contributed by atoms with E-state index in [1.165, 1.54) is 6.20 Å². The van der Waals surface area contributed by atoms with Crippen LogP contribution in [0.3, 0.4) is 0 Å². The highest BCUT2D eigenvalue weighted by Crippen LogP contribution is 2.37. The maximum Gasteiger partial charge on any atom is 0.410 e. The minimum atomic E-state index is -1.81. The molecular formula is C25H26F4N4O2. The third kappa shape index (κ3) is 4.60. The molecule has 0 spiro atoms. The number of fused-ring (bicyclic) bond motifs is 1. The lowest BCUT2D eigenvalue weighted by molar-refractivity contribution is 0.0452. The number of H-pyrrole nitrogens is 1. The molecule has 2 aliphatic rings. The zero-order valence-corrected chi connectivity index (χ0v) is 19.0. The van der Waals surface area contributed by atoms with Gasteiger partial charge in [-0.1, -0.05) is 30.3 Å². The van der Waals surface area contributed by atoms with Crippen molar-refractivity contribution in [3.8, 4) is 0 Å². The number of carbonyl (C=O) groups excluding carboxylic acids is 1. The molecule has 3 aromatic rings. The highest BCUT2D eigenvalue weighted by atomic mass is 19.2. The van der Waals surface area contributed by atoms with Gasteiger partial charge in [-0.2, -0.15) is 0 Å². The number of ether oxygens (including phenoxy) is 1. The number of piperazine rings is 1. The number of carbonyl (C=O) groups is 1. The molecule has 0 radical (unpaired) electrons. The fourth-order valence-corrected chi connectivity index (χ4v) is 5.06. The van der Waals surface area contributed by atoms with Crippen LogP contribution >= 0.6 is 0 Å². The number of benzene rings is 2. The zero-order chi connectivity index (χ0) is 24.5. The van der Waals surface area contributed by atoms with Gasteiger partial charge in [-0.25, -0.2) is 22.4 Å². The maximum absolute atomic E-state index is 14.6. The number of hydrogen-bond acceptors (Lipinski definition) is 4. The third-order valence-corrected chi connectivity index (χ3v) is 6.97. The lowest BCUT2D eigenvalue weighted by Crippen LogP contribution is -2.57. The molecule has 186 valence electrons. The van der Waals surface area contributed by atoms with Crippen molar-refractivity contribution in [2.75, 3.05) is 32.7 Å². The number of amides is 1. The quantitative estimate of drug-likeness (QED) is 0.322. The first-order valence-electron chi connectivity index (χ1n) is 11.7. The molecule has 0 saturated carbocycles. The lowest BCUT2D eigenvalue weighted by atomic mass is 9.87. The molecule has 2 aliphatic heterocycles. The Labute approximate surface area is 199 Å². The fourth-order valence-electron chi connectivity index (χ4n) is 5.06. The number of rotatable bonds is 4. The number of piperidine rings is 1. The average Bonchev–Trinajstić information content (AvgIpc) is 3.36. The van der Waals surface area contributed by atoms with Crippen LogP contribution in [0.15, 0.2) is 36.5 Å². The van der Waals surface area contributed by atoms with Crippen LogP contribution in [0.25, 0.3) is 10.9 Å². The Morgan fingerprint density at radius 2 is 1.69 bits per heavy atom. The van der Waals surface area contributed by atoms with Crippen LogP contribution in [0.5, 0.6) is 0 Å². The molecule has 6 nitrogen and oxygen atoms in total. The molecule has 0 aliphatic carbocycles. The Balaban J connectivity index is 1.21. The number of aromatic nitrogens is 1. The van der Waals surface area contributed by atoms with Crippen molar-refractivity contribution in [1.82, 2.24) is 20.1 Å². The van der Waals surface area contributed by atoms with Gasteiger partial charge in [0.1, 0.15) is 6.61 Å². The summed E-state index contributed by atoms with van der Waals surface area (Å²) in [4.78, 5) is 18.9. The van der Waals surface area contributed by atoms with E-state index in [4.69, 9.17) is 4.74 Å². The molecule has 2 unspecified atom stereocenters. The van der Waals surface area contributed by atoms with Gasteiger partial charge in [0.05, 0.1) is 11.7 Å². The van der Waals surface area contributed by atoms with Crippen LogP contribution in [-0.4, -0.2) is 59.8 Å². The summed E-state index contributed by atoms with van der Waals surface area (Å²) in [7, 11) is 0. The molecule has 2 atom stereocenters. The SMILES string of the molecule is O=C(OCc1ccccc1)N1CCN(C2CC(c3c[nH]c4c(F)c(F)c(F)c(F)c34)CCN2)CC1. The number of aromatic amines is 1. The van der Waals surface area contributed by atoms with E-state index in [9.17, 15) is 22.4 Å². The van der Waals surface area contributed by atoms with E-state index in [0.717, 1.165) is 5.56 Å². The van der Waals surface area contributed by atoms with Crippen LogP contribution in [-0.2, 0) is 11.3 Å². The van der Waals surface area contributed by atoms with Gasteiger partial charge in [0.15, 0.2) is 23.3 Å². The predicted octanol–water partition coefficient (Wildman–Crippen LogP) is 4.47. The van der Waals surface area contributed by atoms with Crippen molar-refractivity contribution >= 4 is 17.0 Å². The lowest BCUT2D eigenvalue weighted by Gasteiger charge is -2.42. The fraction of sp³-hybridized carbons (Fsp3) is 0.400. The van der Waals surface area contributed by atoms with Gasteiger partial charge in [-0.15, -0.1) is 0 Å². The molecule has 1 aromatic heterocycles. The van der Waals surface area contributed by atoms with Gasteiger partial charge in [0.2, 0.25) is 0 Å². The van der Waals surface area contributed by atoms with Crippen molar-refractivity contribution in [3.63, 3.8) is 0 Å². The molecular weight excluding hydrogens is 464 g/mol. The minimum Gasteiger partial charge on any atom is -0.445 e. The van der Waals surface area contributed by atoms with E-state index in [2.05, 4.69) is 15.2 Å². The highest BCUT2D eigenvalue weighted by molar-refractivity contribution is 5.85. The molecule has 1 amide bonds. The van der Waals surface area contributed by atoms with Crippen LogP contribution in [0.2, 0.25) is 0 Å². The van der Waals surface area contributed by atoms with Crippen molar-refractivity contribution in [2.45, 2.75) is 31.5 Å². The summed E-state index contributed by atoms with van der Waals surface area (Å²) in [6, 6.07) is 9.48. The van der Waals surface area contributed by atoms with E-state index >= 15 is 0 Å². The first-order valence-corrected chi connectivity index (χ1v) is 11.7. The van der Waals surface area contributed by atoms with Gasteiger partial charge >= 0.3 is 6.09 Å². The minimum absolute atomic E-state index is 0.0422. The Morgan fingerprint density at radius 3 is 2.43 bits per heavy atom. The Morgan fingerprint density at radius 1 is 0.971 bits per heavy atom. The van der Waals surface area contributed by atoms with E-state index < -0.39 is 23.3 Å². The molecule has 2 fully saturated rings. The van der Waals surface area contributed by atoms with Crippen LogP contribution in [0, 0.1) is 23.3 Å². The van der Waals surface area contributed by atoms with E-state index in [1.807, 2.05) is 30.3 Å². The number of nitrogens with zero attached hydrogens (tertiary/aromatic N) is 2. The molecule has 35 heavy (non-hydrogen) atoms. The van der Waals surface area contributed by atoms with Crippen molar-refractivity contribution in [2.24, 2.45) is 0 Å². The summed E-state index contributed by atoms with van der Waals surface area (Å²) in [5, 5.41) is 3.22. The number of halogens is 4. The van der Waals surface area contributed by atoms with Crippen LogP contribution in [0.1, 0.15) is 29.9 Å². The van der Waals surface area contributed by atoms with Gasteiger partial charge < -0.3 is 19.9 Å². The van der Waals surface area contributed by atoms with E-state index in [0.29, 0.717) is 51.1 Å². The second-order valence-corrected chi connectivity index (χ2v) is 9.00. The van der Waals surface area contributed by atoms with Gasteiger partial charge in [-0.05, 0) is 36.4 Å². The smallest absolute Gasteiger partial charge is 0.410 e. The summed E-state index contributed by atoms with van der Waals surface area (Å²) in [6.45, 7) is 3.12. The predicted molar refractivity (Wildman–Crippen MR) is 122 cm³/mol. The van der Waals surface area contributed by atoms with Gasteiger partial charge in [-0.3, -0.25) is 4.90 Å². The standard InChI is InChI=1S/C25H26F4N4O2/c26-20-19-17(13-31-24(19)23(29)22(28)21(20)27)16-6-7-30-18(12-16)32-8-10-33(11-9-32)25(34)35-14-15-4-2-1-3-5-15/h1-5,13,16,18,30-31H,6-12,14H2. The molecule has 5 rings (SSSR count). The van der Waals surface area contributed by atoms with E-state index in [1.54, 1.807) is 4.90 Å². The zero-order valence-electron chi connectivity index (χ0n) is 19.0. The first kappa shape index (κ1) is 23.6. The molecule has 2 saturated heterocycles. The summed E-state index contributed by atoms with van der Waals surface area (Å²) < 4.78 is 61.7. The highest BCUT2D eigenvalue weighted by Gasteiger charge is 2.33. The summed E-state index contributed by atoms with van der Waals surface area (Å²) in [5.74, 6) is -6.55. The molecule has 3 heterocycles. The summed E-state index contributed by atoms with van der Waals surface area (Å²) in [6.07, 6.45) is 2.29. The number of hydrogen-bond donors (Lipinski definition) is 2. The molecule has 2 N–H and O–H groups in total. The monoisotopic (exact) mass is 490 g/mol. The van der Waals surface area contributed by atoms with Gasteiger partial charge in [0.25, 0.3) is 0 Å². The first-order chi connectivity index (χ1) is 16.9. The Hall–Kier alpha value is -3.11. The molecule has 0 bridgehead atoms. The Bertz CT molecular complexity index is 1210. The molecule has 10 heteroatoms. The summed E-state index contributed by atoms with van der Waals surface area (Å²) >= 11 is 0. The van der Waals surface area contributed by atoms with Crippen molar-refractivity contribution in [3.05, 3.63) is 70.9 Å². The van der Waals surface area contributed by atoms with Crippen molar-refractivity contribution < 1.29 is 27.1 Å². The normalized spacial score (nSPS) is 21.4. The van der Waals surface area contributed by atoms with Crippen LogP contribution < -0.4 is 5.32 Å². The second-order valence-electron chi connectivity index (χ2n) is 9.00.